The van der Waals surface area contributed by atoms with E-state index in [1.54, 1.807) is 13.8 Å². The Hall–Kier alpha value is -2.73. The maximum atomic E-state index is 12.4. The Morgan fingerprint density at radius 2 is 1.52 bits per heavy atom. The van der Waals surface area contributed by atoms with E-state index >= 15 is 0 Å². The SMILES string of the molecule is CC(C)C(NC(=O)C(CO)NC(=O)CN)C(=O)NC(CCC(=O)O)C(=O)O. The van der Waals surface area contributed by atoms with Crippen LogP contribution in [-0.2, 0) is 24.0 Å². The fourth-order valence-electron chi connectivity index (χ4n) is 2.02. The summed E-state index contributed by atoms with van der Waals surface area (Å²) in [5, 5.41) is 33.7. The van der Waals surface area contributed by atoms with Crippen LogP contribution in [0, 0.1) is 5.92 Å². The van der Waals surface area contributed by atoms with Crippen molar-refractivity contribution in [3.05, 3.63) is 0 Å². The highest BCUT2D eigenvalue weighted by atomic mass is 16.4. The number of carbonyl (C=O) groups is 5. The average molecular weight is 390 g/mol. The van der Waals surface area contributed by atoms with Crippen molar-refractivity contribution in [3.63, 3.8) is 0 Å². The number of aliphatic hydroxyl groups excluding tert-OH is 1. The van der Waals surface area contributed by atoms with Crippen molar-refractivity contribution in [2.75, 3.05) is 13.2 Å². The first-order valence-corrected chi connectivity index (χ1v) is 8.19. The molecule has 0 aliphatic carbocycles. The van der Waals surface area contributed by atoms with Crippen molar-refractivity contribution in [3.8, 4) is 0 Å². The van der Waals surface area contributed by atoms with Crippen LogP contribution >= 0.6 is 0 Å². The number of carboxylic acid groups (broad SMARTS) is 2. The fourth-order valence-corrected chi connectivity index (χ4v) is 2.02. The average Bonchev–Trinajstić information content (AvgIpc) is 2.59. The van der Waals surface area contributed by atoms with Gasteiger partial charge in [0.05, 0.1) is 13.2 Å². The van der Waals surface area contributed by atoms with Gasteiger partial charge in [-0.25, -0.2) is 4.79 Å². The van der Waals surface area contributed by atoms with Crippen molar-refractivity contribution in [1.82, 2.24) is 16.0 Å². The van der Waals surface area contributed by atoms with Gasteiger partial charge in [-0.1, -0.05) is 13.8 Å². The topological polar surface area (TPSA) is 208 Å². The summed E-state index contributed by atoms with van der Waals surface area (Å²) < 4.78 is 0. The minimum atomic E-state index is -1.45. The van der Waals surface area contributed by atoms with E-state index in [9.17, 15) is 29.1 Å². The third-order valence-corrected chi connectivity index (χ3v) is 3.53. The lowest BCUT2D eigenvalue weighted by atomic mass is 10.0. The molecule has 0 spiro atoms. The largest absolute Gasteiger partial charge is 0.481 e. The van der Waals surface area contributed by atoms with Crippen LogP contribution < -0.4 is 21.7 Å². The Kier molecular flexibility index (Phi) is 10.6. The lowest BCUT2D eigenvalue weighted by Gasteiger charge is -2.26. The van der Waals surface area contributed by atoms with Crippen LogP contribution in [0.25, 0.3) is 0 Å². The van der Waals surface area contributed by atoms with Gasteiger partial charge in [-0.15, -0.1) is 0 Å². The lowest BCUT2D eigenvalue weighted by Crippen LogP contribution is -2.58. The van der Waals surface area contributed by atoms with E-state index < -0.39 is 73.3 Å². The number of hydrogen-bond donors (Lipinski definition) is 7. The molecule has 0 radical (unpaired) electrons. The van der Waals surface area contributed by atoms with Gasteiger partial charge in [0, 0.05) is 6.42 Å². The Labute approximate surface area is 155 Å². The number of aliphatic carboxylic acids is 2. The maximum absolute atomic E-state index is 12.4. The van der Waals surface area contributed by atoms with E-state index in [-0.39, 0.29) is 6.42 Å². The number of nitrogens with one attached hydrogen (secondary N) is 3. The Morgan fingerprint density at radius 1 is 0.926 bits per heavy atom. The van der Waals surface area contributed by atoms with Gasteiger partial charge in [-0.2, -0.15) is 0 Å². The van der Waals surface area contributed by atoms with E-state index in [1.807, 2.05) is 0 Å². The van der Waals surface area contributed by atoms with E-state index in [2.05, 4.69) is 16.0 Å². The minimum Gasteiger partial charge on any atom is -0.481 e. The highest BCUT2D eigenvalue weighted by Crippen LogP contribution is 2.05. The molecule has 8 N–H and O–H groups in total. The Balaban J connectivity index is 5.10. The molecule has 0 saturated heterocycles. The maximum Gasteiger partial charge on any atom is 0.326 e. The zero-order chi connectivity index (χ0) is 21.1. The third kappa shape index (κ3) is 8.96. The van der Waals surface area contributed by atoms with Crippen LogP contribution in [0.1, 0.15) is 26.7 Å². The summed E-state index contributed by atoms with van der Waals surface area (Å²) in [6.45, 7) is 2.04. The van der Waals surface area contributed by atoms with Crippen LogP contribution in [0.4, 0.5) is 0 Å². The van der Waals surface area contributed by atoms with Gasteiger partial charge in [0.25, 0.3) is 0 Å². The molecule has 0 heterocycles. The third-order valence-electron chi connectivity index (χ3n) is 3.53. The molecule has 0 aliphatic heterocycles. The molecular formula is C15H26N4O8. The summed E-state index contributed by atoms with van der Waals surface area (Å²) in [6, 6.07) is -3.96. The second-order valence-electron chi connectivity index (χ2n) is 6.07. The van der Waals surface area contributed by atoms with Crippen molar-refractivity contribution < 1.29 is 39.3 Å². The zero-order valence-corrected chi connectivity index (χ0v) is 15.1. The number of aliphatic hydroxyl groups is 1. The molecule has 3 unspecified atom stereocenters. The van der Waals surface area contributed by atoms with Crippen LogP contribution in [0.5, 0.6) is 0 Å². The molecule has 154 valence electrons. The summed E-state index contributed by atoms with van der Waals surface area (Å²) >= 11 is 0. The first kappa shape index (κ1) is 24.3. The van der Waals surface area contributed by atoms with E-state index in [0.717, 1.165) is 0 Å². The monoisotopic (exact) mass is 390 g/mol. The predicted octanol–water partition coefficient (Wildman–Crippen LogP) is -3.00. The molecule has 3 amide bonds. The highest BCUT2D eigenvalue weighted by molar-refractivity contribution is 5.93. The van der Waals surface area contributed by atoms with E-state index in [4.69, 9.17) is 15.9 Å². The summed E-state index contributed by atoms with van der Waals surface area (Å²) in [4.78, 5) is 57.6. The van der Waals surface area contributed by atoms with Crippen LogP contribution in [0.2, 0.25) is 0 Å². The Bertz CT molecular complexity index is 566. The van der Waals surface area contributed by atoms with E-state index in [1.165, 1.54) is 0 Å². The van der Waals surface area contributed by atoms with Crippen molar-refractivity contribution >= 4 is 29.7 Å². The summed E-state index contributed by atoms with van der Waals surface area (Å²) in [6.07, 6.45) is -0.797. The van der Waals surface area contributed by atoms with E-state index in [0.29, 0.717) is 0 Å². The standard InChI is InChI=1S/C15H26N4O8/c1-7(2)12(19-13(24)9(6-20)17-10(21)5-16)14(25)18-8(15(26)27)3-4-11(22)23/h7-9,12,20H,3-6,16H2,1-2H3,(H,17,21)(H,18,25)(H,19,24)(H,22,23)(H,26,27). The molecular weight excluding hydrogens is 364 g/mol. The highest BCUT2D eigenvalue weighted by Gasteiger charge is 2.31. The summed E-state index contributed by atoms with van der Waals surface area (Å²) in [5.41, 5.74) is 5.12. The minimum absolute atomic E-state index is 0.332. The molecule has 0 rings (SSSR count). The molecule has 0 aromatic heterocycles. The van der Waals surface area contributed by atoms with Gasteiger partial charge < -0.3 is 37.0 Å². The molecule has 12 nitrogen and oxygen atoms in total. The quantitative estimate of drug-likeness (QED) is 0.181. The molecule has 3 atom stereocenters. The first-order chi connectivity index (χ1) is 12.5. The number of carbonyl (C=O) groups excluding carboxylic acids is 3. The van der Waals surface area contributed by atoms with Crippen LogP contribution in [-0.4, -0.2) is 76.3 Å². The first-order valence-electron chi connectivity index (χ1n) is 8.19. The van der Waals surface area contributed by atoms with Crippen molar-refractivity contribution in [2.24, 2.45) is 11.7 Å². The molecule has 0 aromatic rings. The van der Waals surface area contributed by atoms with Gasteiger partial charge in [-0.3, -0.25) is 19.2 Å². The number of carboxylic acids is 2. The van der Waals surface area contributed by atoms with Crippen molar-refractivity contribution in [1.29, 1.82) is 0 Å². The van der Waals surface area contributed by atoms with Gasteiger partial charge in [-0.05, 0) is 12.3 Å². The van der Waals surface area contributed by atoms with Gasteiger partial charge in [0.15, 0.2) is 0 Å². The molecule has 12 heteroatoms. The van der Waals surface area contributed by atoms with Crippen LogP contribution in [0.3, 0.4) is 0 Å². The molecule has 0 aliphatic rings. The Morgan fingerprint density at radius 3 is 1.93 bits per heavy atom. The molecule has 0 bridgehead atoms. The lowest BCUT2D eigenvalue weighted by molar-refractivity contribution is -0.143. The van der Waals surface area contributed by atoms with Crippen molar-refractivity contribution in [2.45, 2.75) is 44.8 Å². The second-order valence-corrected chi connectivity index (χ2v) is 6.07. The molecule has 0 aromatic carbocycles. The van der Waals surface area contributed by atoms with Gasteiger partial charge in [0.1, 0.15) is 18.1 Å². The number of hydrogen-bond acceptors (Lipinski definition) is 7. The second kappa shape index (κ2) is 11.8. The van der Waals surface area contributed by atoms with Gasteiger partial charge in [0.2, 0.25) is 17.7 Å². The van der Waals surface area contributed by atoms with Gasteiger partial charge >= 0.3 is 11.9 Å². The molecule has 0 saturated carbocycles. The normalized spacial score (nSPS) is 14.0. The molecule has 0 fully saturated rings. The zero-order valence-electron chi connectivity index (χ0n) is 15.1. The number of rotatable bonds is 12. The summed E-state index contributed by atoms with van der Waals surface area (Å²) in [5.74, 6) is -5.47. The number of nitrogens with two attached hydrogens (primary N) is 1. The summed E-state index contributed by atoms with van der Waals surface area (Å²) in [7, 11) is 0. The predicted molar refractivity (Wildman–Crippen MR) is 91.3 cm³/mol. The molecule has 27 heavy (non-hydrogen) atoms. The fraction of sp³-hybridized carbons (Fsp3) is 0.667. The number of amides is 3. The van der Waals surface area contributed by atoms with Crippen LogP contribution in [0.15, 0.2) is 0 Å². The smallest absolute Gasteiger partial charge is 0.326 e.